The predicted molar refractivity (Wildman–Crippen MR) is 94.2 cm³/mol. The van der Waals surface area contributed by atoms with Crippen molar-refractivity contribution in [2.24, 2.45) is 0 Å². The summed E-state index contributed by atoms with van der Waals surface area (Å²) in [5, 5.41) is 3.10. The van der Waals surface area contributed by atoms with Crippen molar-refractivity contribution < 1.29 is 4.74 Å². The maximum Gasteiger partial charge on any atom is 0.118 e. The molecule has 1 aromatic heterocycles. The van der Waals surface area contributed by atoms with Gasteiger partial charge in [-0.05, 0) is 30.7 Å². The average molecular weight is 307 g/mol. The van der Waals surface area contributed by atoms with E-state index in [1.54, 1.807) is 18.4 Å². The molecule has 0 spiro atoms. The molecule has 0 fully saturated rings. The van der Waals surface area contributed by atoms with Crippen LogP contribution >= 0.6 is 11.3 Å². The molecule has 0 N–H and O–H groups in total. The van der Waals surface area contributed by atoms with Crippen molar-refractivity contribution in [3.8, 4) is 17.0 Å². The highest BCUT2D eigenvalue weighted by Crippen LogP contribution is 2.23. The molecule has 0 saturated heterocycles. The first kappa shape index (κ1) is 14.5. The number of aryl methyl sites for hydroxylation is 1. The Balaban J connectivity index is 1.75. The number of benzene rings is 2. The third-order valence-corrected chi connectivity index (χ3v) is 4.21. The summed E-state index contributed by atoms with van der Waals surface area (Å²) in [6.45, 7) is 2.09. The van der Waals surface area contributed by atoms with E-state index in [-0.39, 0.29) is 0 Å². The highest BCUT2D eigenvalue weighted by molar-refractivity contribution is 7.10. The molecule has 0 aliphatic carbocycles. The molecule has 110 valence electrons. The van der Waals surface area contributed by atoms with Crippen LogP contribution < -0.4 is 4.74 Å². The van der Waals surface area contributed by atoms with Gasteiger partial charge in [-0.2, -0.15) is 0 Å². The van der Waals surface area contributed by atoms with Crippen LogP contribution in [0.1, 0.15) is 16.1 Å². The Morgan fingerprint density at radius 1 is 0.955 bits per heavy atom. The van der Waals surface area contributed by atoms with Gasteiger partial charge in [0.2, 0.25) is 0 Å². The maximum atomic E-state index is 5.16. The standard InChI is InChI=1S/C19H17NOS/c1-14-3-8-16(9-4-14)18-13-22-19(20-18)12-7-15-5-10-17(21-2)11-6-15/h3-13H,1-2H3. The highest BCUT2D eigenvalue weighted by atomic mass is 32.1. The summed E-state index contributed by atoms with van der Waals surface area (Å²) in [5.74, 6) is 0.869. The lowest BCUT2D eigenvalue weighted by Gasteiger charge is -1.98. The van der Waals surface area contributed by atoms with E-state index in [1.807, 2.05) is 30.3 Å². The fourth-order valence-electron chi connectivity index (χ4n) is 2.10. The lowest BCUT2D eigenvalue weighted by molar-refractivity contribution is 0.415. The molecule has 0 unspecified atom stereocenters. The minimum atomic E-state index is 0.869. The molecule has 1 heterocycles. The average Bonchev–Trinajstić information content (AvgIpc) is 3.03. The van der Waals surface area contributed by atoms with Crippen LogP contribution in [0.3, 0.4) is 0 Å². The van der Waals surface area contributed by atoms with Crippen molar-refractivity contribution in [3.05, 3.63) is 70.0 Å². The first-order valence-electron chi connectivity index (χ1n) is 7.09. The summed E-state index contributed by atoms with van der Waals surface area (Å²) in [4.78, 5) is 4.67. The van der Waals surface area contributed by atoms with E-state index in [9.17, 15) is 0 Å². The molecule has 22 heavy (non-hydrogen) atoms. The maximum absolute atomic E-state index is 5.16. The van der Waals surface area contributed by atoms with Crippen LogP contribution in [0, 0.1) is 6.92 Å². The SMILES string of the molecule is COc1ccc(C=Cc2nc(-c3ccc(C)cc3)cs2)cc1. The topological polar surface area (TPSA) is 22.1 Å². The van der Waals surface area contributed by atoms with Crippen LogP contribution in [0.2, 0.25) is 0 Å². The third kappa shape index (κ3) is 3.43. The lowest BCUT2D eigenvalue weighted by atomic mass is 10.1. The number of methoxy groups -OCH3 is 1. The van der Waals surface area contributed by atoms with Gasteiger partial charge in [-0.1, -0.05) is 48.0 Å². The second kappa shape index (κ2) is 6.58. The van der Waals surface area contributed by atoms with Crippen molar-refractivity contribution in [1.82, 2.24) is 4.98 Å². The van der Waals surface area contributed by atoms with Gasteiger partial charge in [0.25, 0.3) is 0 Å². The molecule has 0 radical (unpaired) electrons. The Morgan fingerprint density at radius 3 is 2.36 bits per heavy atom. The Morgan fingerprint density at radius 2 is 1.68 bits per heavy atom. The molecule has 3 rings (SSSR count). The first-order valence-corrected chi connectivity index (χ1v) is 7.97. The van der Waals surface area contributed by atoms with Crippen molar-refractivity contribution in [3.63, 3.8) is 0 Å². The number of rotatable bonds is 4. The van der Waals surface area contributed by atoms with Crippen LogP contribution in [0.25, 0.3) is 23.4 Å². The normalized spacial score (nSPS) is 11.0. The summed E-state index contributed by atoms with van der Waals surface area (Å²) in [6.07, 6.45) is 4.11. The van der Waals surface area contributed by atoms with Gasteiger partial charge in [0.15, 0.2) is 0 Å². The zero-order chi connectivity index (χ0) is 15.4. The number of thiazole rings is 1. The largest absolute Gasteiger partial charge is 0.497 e. The molecule has 2 nitrogen and oxygen atoms in total. The Hall–Kier alpha value is -2.39. The predicted octanol–water partition coefficient (Wildman–Crippen LogP) is 5.30. The third-order valence-electron chi connectivity index (χ3n) is 3.40. The minimum Gasteiger partial charge on any atom is -0.497 e. The van der Waals surface area contributed by atoms with Gasteiger partial charge < -0.3 is 4.74 Å². The number of hydrogen-bond acceptors (Lipinski definition) is 3. The number of hydrogen-bond donors (Lipinski definition) is 0. The Kier molecular flexibility index (Phi) is 4.35. The van der Waals surface area contributed by atoms with Crippen LogP contribution in [0.15, 0.2) is 53.9 Å². The highest BCUT2D eigenvalue weighted by Gasteiger charge is 2.02. The van der Waals surface area contributed by atoms with E-state index in [0.29, 0.717) is 0 Å². The fourth-order valence-corrected chi connectivity index (χ4v) is 2.82. The molecule has 2 aromatic carbocycles. The summed E-state index contributed by atoms with van der Waals surface area (Å²) in [6, 6.07) is 16.4. The van der Waals surface area contributed by atoms with Gasteiger partial charge in [0.1, 0.15) is 10.8 Å². The van der Waals surface area contributed by atoms with Crippen LogP contribution in [-0.2, 0) is 0 Å². The second-order valence-electron chi connectivity index (χ2n) is 5.04. The van der Waals surface area contributed by atoms with E-state index < -0.39 is 0 Å². The molecule has 0 saturated carbocycles. The summed E-state index contributed by atoms with van der Waals surface area (Å²) < 4.78 is 5.16. The molecule has 0 amide bonds. The molecule has 0 aliphatic heterocycles. The Labute approximate surface area is 134 Å². The van der Waals surface area contributed by atoms with Gasteiger partial charge in [-0.25, -0.2) is 4.98 Å². The molecule has 0 aliphatic rings. The zero-order valence-corrected chi connectivity index (χ0v) is 13.4. The summed E-state index contributed by atoms with van der Waals surface area (Å²) >= 11 is 1.65. The lowest BCUT2D eigenvalue weighted by Crippen LogP contribution is -1.81. The van der Waals surface area contributed by atoms with Crippen LogP contribution in [0.4, 0.5) is 0 Å². The monoisotopic (exact) mass is 307 g/mol. The molecular formula is C19H17NOS. The van der Waals surface area contributed by atoms with Crippen molar-refractivity contribution in [1.29, 1.82) is 0 Å². The first-order chi connectivity index (χ1) is 10.7. The minimum absolute atomic E-state index is 0.869. The molecule has 3 heteroatoms. The van der Waals surface area contributed by atoms with Gasteiger partial charge >= 0.3 is 0 Å². The number of nitrogens with zero attached hydrogens (tertiary/aromatic N) is 1. The van der Waals surface area contributed by atoms with E-state index in [4.69, 9.17) is 4.74 Å². The molecule has 0 atom stereocenters. The summed E-state index contributed by atoms with van der Waals surface area (Å²) in [7, 11) is 1.67. The zero-order valence-electron chi connectivity index (χ0n) is 12.6. The van der Waals surface area contributed by atoms with Gasteiger partial charge in [0, 0.05) is 10.9 Å². The van der Waals surface area contributed by atoms with Crippen molar-refractivity contribution in [2.45, 2.75) is 6.92 Å². The van der Waals surface area contributed by atoms with Crippen LogP contribution in [-0.4, -0.2) is 12.1 Å². The summed E-state index contributed by atoms with van der Waals surface area (Å²) in [5.41, 5.74) is 4.58. The van der Waals surface area contributed by atoms with Gasteiger partial charge in [0.05, 0.1) is 12.8 Å². The molecule has 3 aromatic rings. The Bertz CT molecular complexity index is 770. The van der Waals surface area contributed by atoms with Gasteiger partial charge in [-0.15, -0.1) is 11.3 Å². The fraction of sp³-hybridized carbons (Fsp3) is 0.105. The number of aromatic nitrogens is 1. The van der Waals surface area contributed by atoms with Crippen molar-refractivity contribution >= 4 is 23.5 Å². The quantitative estimate of drug-likeness (QED) is 0.652. The van der Waals surface area contributed by atoms with Gasteiger partial charge in [-0.3, -0.25) is 0 Å². The smallest absolute Gasteiger partial charge is 0.118 e. The van der Waals surface area contributed by atoms with Crippen LogP contribution in [0.5, 0.6) is 5.75 Å². The van der Waals surface area contributed by atoms with E-state index in [2.05, 4.69) is 47.6 Å². The molecular weight excluding hydrogens is 290 g/mol. The van der Waals surface area contributed by atoms with E-state index in [0.717, 1.165) is 27.6 Å². The van der Waals surface area contributed by atoms with E-state index >= 15 is 0 Å². The van der Waals surface area contributed by atoms with E-state index in [1.165, 1.54) is 5.56 Å². The van der Waals surface area contributed by atoms with Crippen molar-refractivity contribution in [2.75, 3.05) is 7.11 Å². The number of ether oxygens (including phenoxy) is 1. The second-order valence-corrected chi connectivity index (χ2v) is 5.93. The molecule has 0 bridgehead atoms.